The van der Waals surface area contributed by atoms with Crippen LogP contribution < -0.4 is 4.90 Å². The molecule has 7 rings (SSSR count). The second-order valence-corrected chi connectivity index (χ2v) is 10.7. The van der Waals surface area contributed by atoms with Gasteiger partial charge < -0.3 is 4.90 Å². The minimum absolute atomic E-state index is 0.0187. The lowest BCUT2D eigenvalue weighted by Crippen LogP contribution is -2.14. The summed E-state index contributed by atoms with van der Waals surface area (Å²) in [6, 6.07) is 50.6. The first kappa shape index (κ1) is 22.6. The average Bonchev–Trinajstić information content (AvgIpc) is 3.19. The molecule has 0 saturated heterocycles. The van der Waals surface area contributed by atoms with Gasteiger partial charge in [-0.1, -0.05) is 111 Å². The minimum atomic E-state index is -0.0187. The number of para-hydroxylation sites is 2. The first-order chi connectivity index (χ1) is 18.6. The Hall–Kier alpha value is -4.62. The summed E-state index contributed by atoms with van der Waals surface area (Å²) in [6.45, 7) is 4.69. The van der Waals surface area contributed by atoms with E-state index in [0.717, 1.165) is 17.1 Å². The highest BCUT2D eigenvalue weighted by atomic mass is 15.1. The van der Waals surface area contributed by atoms with Crippen LogP contribution in [0.4, 0.5) is 17.1 Å². The highest BCUT2D eigenvalue weighted by Crippen LogP contribution is 2.50. The standard InChI is InChI=1S/C37H29N/c1-37(2)34-19-11-9-18-32(34)33-24-27-21-22-30(23-28(27)25-35(33)37)38(29-15-7-4-8-16-29)36-20-12-10-17-31(36)26-13-5-3-6-14-26/h3-25H,1-2H3. The number of benzene rings is 6. The van der Waals surface area contributed by atoms with Crippen molar-refractivity contribution in [1.82, 2.24) is 0 Å². The van der Waals surface area contributed by atoms with Gasteiger partial charge in [-0.15, -0.1) is 0 Å². The molecule has 0 unspecified atom stereocenters. The Bertz CT molecular complexity index is 1780. The quantitative estimate of drug-likeness (QED) is 0.239. The molecule has 0 spiro atoms. The molecule has 38 heavy (non-hydrogen) atoms. The van der Waals surface area contributed by atoms with Gasteiger partial charge in [0.15, 0.2) is 0 Å². The SMILES string of the molecule is CC1(C)c2ccccc2-c2cc3ccc(N(c4ccccc4)c4ccccc4-c4ccccc4)cc3cc21. The van der Waals surface area contributed by atoms with Crippen LogP contribution in [0.2, 0.25) is 0 Å². The lowest BCUT2D eigenvalue weighted by molar-refractivity contribution is 0.661. The summed E-state index contributed by atoms with van der Waals surface area (Å²) < 4.78 is 0. The van der Waals surface area contributed by atoms with Crippen molar-refractivity contribution in [3.8, 4) is 22.3 Å². The second kappa shape index (κ2) is 8.75. The summed E-state index contributed by atoms with van der Waals surface area (Å²) in [7, 11) is 0. The molecule has 0 amide bonds. The smallest absolute Gasteiger partial charge is 0.0540 e. The number of rotatable bonds is 4. The van der Waals surface area contributed by atoms with E-state index in [4.69, 9.17) is 0 Å². The van der Waals surface area contributed by atoms with E-state index in [1.165, 1.54) is 44.2 Å². The normalized spacial score (nSPS) is 13.2. The molecule has 1 heteroatoms. The Morgan fingerprint density at radius 2 is 1.11 bits per heavy atom. The summed E-state index contributed by atoms with van der Waals surface area (Å²) in [5.74, 6) is 0. The van der Waals surface area contributed by atoms with Crippen LogP contribution in [0, 0.1) is 0 Å². The summed E-state index contributed by atoms with van der Waals surface area (Å²) in [5, 5.41) is 2.53. The molecule has 0 atom stereocenters. The molecule has 0 bridgehead atoms. The summed E-state index contributed by atoms with van der Waals surface area (Å²) in [6.07, 6.45) is 0. The molecule has 6 aromatic carbocycles. The number of anilines is 3. The van der Waals surface area contributed by atoms with E-state index in [2.05, 4.69) is 158 Å². The highest BCUT2D eigenvalue weighted by Gasteiger charge is 2.35. The Morgan fingerprint density at radius 3 is 1.89 bits per heavy atom. The molecule has 0 aliphatic heterocycles. The van der Waals surface area contributed by atoms with Gasteiger partial charge in [-0.05, 0) is 81.1 Å². The predicted molar refractivity (Wildman–Crippen MR) is 162 cm³/mol. The van der Waals surface area contributed by atoms with E-state index in [-0.39, 0.29) is 5.41 Å². The minimum Gasteiger partial charge on any atom is -0.310 e. The van der Waals surface area contributed by atoms with Gasteiger partial charge in [0.25, 0.3) is 0 Å². The molecule has 6 aromatic rings. The molecule has 1 aliphatic rings. The van der Waals surface area contributed by atoms with Crippen molar-refractivity contribution in [2.24, 2.45) is 0 Å². The number of fused-ring (bicyclic) bond motifs is 4. The number of hydrogen-bond donors (Lipinski definition) is 0. The third-order valence-corrected chi connectivity index (χ3v) is 8.03. The highest BCUT2D eigenvalue weighted by molar-refractivity contribution is 5.97. The van der Waals surface area contributed by atoms with Crippen LogP contribution in [-0.2, 0) is 5.41 Å². The van der Waals surface area contributed by atoms with Crippen LogP contribution in [0.15, 0.2) is 140 Å². The zero-order valence-electron chi connectivity index (χ0n) is 21.7. The van der Waals surface area contributed by atoms with E-state index in [1.54, 1.807) is 0 Å². The lowest BCUT2D eigenvalue weighted by Gasteiger charge is -2.28. The Labute approximate surface area is 224 Å². The summed E-state index contributed by atoms with van der Waals surface area (Å²) in [5.41, 5.74) is 11.4. The average molecular weight is 488 g/mol. The van der Waals surface area contributed by atoms with Crippen molar-refractivity contribution >= 4 is 27.8 Å². The fourth-order valence-electron chi connectivity index (χ4n) is 6.11. The Kier molecular flexibility index (Phi) is 5.19. The van der Waals surface area contributed by atoms with Crippen molar-refractivity contribution in [1.29, 1.82) is 0 Å². The largest absolute Gasteiger partial charge is 0.310 e. The second-order valence-electron chi connectivity index (χ2n) is 10.7. The van der Waals surface area contributed by atoms with E-state index >= 15 is 0 Å². The van der Waals surface area contributed by atoms with Crippen molar-refractivity contribution < 1.29 is 0 Å². The molecular formula is C37H29N. The molecular weight excluding hydrogens is 458 g/mol. The monoisotopic (exact) mass is 487 g/mol. The van der Waals surface area contributed by atoms with Gasteiger partial charge in [0, 0.05) is 22.4 Å². The van der Waals surface area contributed by atoms with Crippen LogP contribution in [0.25, 0.3) is 33.0 Å². The van der Waals surface area contributed by atoms with Gasteiger partial charge >= 0.3 is 0 Å². The third-order valence-electron chi connectivity index (χ3n) is 8.03. The zero-order chi connectivity index (χ0) is 25.7. The van der Waals surface area contributed by atoms with E-state index in [1.807, 2.05) is 0 Å². The van der Waals surface area contributed by atoms with E-state index < -0.39 is 0 Å². The molecule has 1 aliphatic carbocycles. The summed E-state index contributed by atoms with van der Waals surface area (Å²) in [4.78, 5) is 2.38. The zero-order valence-corrected chi connectivity index (χ0v) is 21.7. The van der Waals surface area contributed by atoms with Crippen molar-refractivity contribution in [3.05, 3.63) is 151 Å². The maximum absolute atomic E-state index is 2.42. The predicted octanol–water partition coefficient (Wildman–Crippen LogP) is 10.3. The first-order valence-electron chi connectivity index (χ1n) is 13.3. The van der Waals surface area contributed by atoms with Gasteiger partial charge in [-0.25, -0.2) is 0 Å². The fraction of sp³-hybridized carbons (Fsp3) is 0.0811. The fourth-order valence-corrected chi connectivity index (χ4v) is 6.11. The Morgan fingerprint density at radius 1 is 0.447 bits per heavy atom. The summed E-state index contributed by atoms with van der Waals surface area (Å²) >= 11 is 0. The molecule has 0 saturated carbocycles. The molecule has 0 radical (unpaired) electrons. The van der Waals surface area contributed by atoms with E-state index in [9.17, 15) is 0 Å². The van der Waals surface area contributed by atoms with E-state index in [0.29, 0.717) is 0 Å². The van der Waals surface area contributed by atoms with Crippen molar-refractivity contribution in [2.75, 3.05) is 4.90 Å². The number of nitrogens with zero attached hydrogens (tertiary/aromatic N) is 1. The molecule has 182 valence electrons. The van der Waals surface area contributed by atoms with Crippen molar-refractivity contribution in [2.45, 2.75) is 19.3 Å². The Balaban J connectivity index is 1.43. The van der Waals surface area contributed by atoms with Gasteiger partial charge in [-0.2, -0.15) is 0 Å². The maximum atomic E-state index is 2.42. The van der Waals surface area contributed by atoms with Gasteiger partial charge in [0.1, 0.15) is 0 Å². The van der Waals surface area contributed by atoms with Gasteiger partial charge in [-0.3, -0.25) is 0 Å². The topological polar surface area (TPSA) is 3.24 Å². The van der Waals surface area contributed by atoms with Crippen LogP contribution >= 0.6 is 0 Å². The van der Waals surface area contributed by atoms with Gasteiger partial charge in [0.2, 0.25) is 0 Å². The van der Waals surface area contributed by atoms with Crippen LogP contribution in [0.3, 0.4) is 0 Å². The van der Waals surface area contributed by atoms with Crippen LogP contribution in [0.1, 0.15) is 25.0 Å². The van der Waals surface area contributed by atoms with Crippen molar-refractivity contribution in [3.63, 3.8) is 0 Å². The first-order valence-corrected chi connectivity index (χ1v) is 13.3. The van der Waals surface area contributed by atoms with Gasteiger partial charge in [0.05, 0.1) is 5.69 Å². The molecule has 0 heterocycles. The molecule has 0 aromatic heterocycles. The lowest BCUT2D eigenvalue weighted by atomic mass is 9.82. The maximum Gasteiger partial charge on any atom is 0.0540 e. The molecule has 0 N–H and O–H groups in total. The third kappa shape index (κ3) is 3.55. The molecule has 0 fully saturated rings. The number of hydrogen-bond acceptors (Lipinski definition) is 1. The molecule has 1 nitrogen and oxygen atoms in total. The van der Waals surface area contributed by atoms with Crippen LogP contribution in [0.5, 0.6) is 0 Å². The van der Waals surface area contributed by atoms with Crippen LogP contribution in [-0.4, -0.2) is 0 Å².